The number of hydrogen-bond acceptors (Lipinski definition) is 3. The Hall–Kier alpha value is -1.63. The molecule has 0 spiro atoms. The van der Waals surface area contributed by atoms with Gasteiger partial charge in [-0.3, -0.25) is 4.79 Å². The number of carboxylic acids is 1. The van der Waals surface area contributed by atoms with Crippen molar-refractivity contribution in [1.82, 2.24) is 4.98 Å². The molecule has 0 aliphatic rings. The van der Waals surface area contributed by atoms with Crippen molar-refractivity contribution in [3.63, 3.8) is 0 Å². The third kappa shape index (κ3) is 2.69. The summed E-state index contributed by atoms with van der Waals surface area (Å²) in [5, 5.41) is 8.48. The van der Waals surface area contributed by atoms with Crippen LogP contribution >= 0.6 is 0 Å². The van der Waals surface area contributed by atoms with E-state index in [4.69, 9.17) is 10.8 Å². The first kappa shape index (κ1) is 12.4. The van der Waals surface area contributed by atoms with Crippen molar-refractivity contribution in [3.05, 3.63) is 28.8 Å². The van der Waals surface area contributed by atoms with E-state index < -0.39 is 30.3 Å². The van der Waals surface area contributed by atoms with Crippen LogP contribution in [0.2, 0.25) is 0 Å². The lowest BCUT2D eigenvalue weighted by molar-refractivity contribution is -0.136. The van der Waals surface area contributed by atoms with Crippen molar-refractivity contribution in [2.45, 2.75) is 19.4 Å². The zero-order chi connectivity index (χ0) is 12.3. The van der Waals surface area contributed by atoms with Gasteiger partial charge in [-0.05, 0) is 6.07 Å². The lowest BCUT2D eigenvalue weighted by Gasteiger charge is -2.08. The summed E-state index contributed by atoms with van der Waals surface area (Å²) in [4.78, 5) is 13.6. The number of pyridine rings is 1. The highest BCUT2D eigenvalue weighted by Gasteiger charge is 2.20. The number of carbonyl (C=O) groups is 1. The summed E-state index contributed by atoms with van der Waals surface area (Å²) >= 11 is 0. The average molecular weight is 234 g/mol. The molecule has 3 N–H and O–H groups in total. The standard InChI is InChI=1S/C9H9F3N2O2/c10-7-4(3-13)1-5(2-6(15)16)14-8(7)9(11)12/h1,9H,2-3,13H2,(H,15,16). The molecule has 0 aliphatic heterocycles. The summed E-state index contributed by atoms with van der Waals surface area (Å²) in [6.07, 6.45) is -3.65. The van der Waals surface area contributed by atoms with E-state index in [2.05, 4.69) is 4.98 Å². The zero-order valence-electron chi connectivity index (χ0n) is 8.08. The molecule has 0 bridgehead atoms. The molecule has 0 saturated heterocycles. The summed E-state index contributed by atoms with van der Waals surface area (Å²) < 4.78 is 38.0. The van der Waals surface area contributed by atoms with Crippen LogP contribution in [0, 0.1) is 5.82 Å². The van der Waals surface area contributed by atoms with Crippen LogP contribution in [0.5, 0.6) is 0 Å². The number of nitrogens with zero attached hydrogens (tertiary/aromatic N) is 1. The van der Waals surface area contributed by atoms with Gasteiger partial charge < -0.3 is 10.8 Å². The van der Waals surface area contributed by atoms with E-state index in [9.17, 15) is 18.0 Å². The number of aliphatic carboxylic acids is 1. The Morgan fingerprint density at radius 2 is 2.19 bits per heavy atom. The van der Waals surface area contributed by atoms with Gasteiger partial charge in [0.1, 0.15) is 5.69 Å². The van der Waals surface area contributed by atoms with Crippen LogP contribution in [0.4, 0.5) is 13.2 Å². The number of nitrogens with two attached hydrogens (primary N) is 1. The van der Waals surface area contributed by atoms with Gasteiger partial charge in [0, 0.05) is 12.1 Å². The minimum atomic E-state index is -3.10. The Morgan fingerprint density at radius 3 is 2.62 bits per heavy atom. The molecule has 88 valence electrons. The van der Waals surface area contributed by atoms with Crippen molar-refractivity contribution in [2.75, 3.05) is 0 Å². The molecule has 0 atom stereocenters. The van der Waals surface area contributed by atoms with Gasteiger partial charge in [-0.15, -0.1) is 0 Å². The van der Waals surface area contributed by atoms with E-state index in [1.807, 2.05) is 0 Å². The number of hydrogen-bond donors (Lipinski definition) is 2. The van der Waals surface area contributed by atoms with E-state index in [0.717, 1.165) is 6.07 Å². The van der Waals surface area contributed by atoms with Crippen molar-refractivity contribution < 1.29 is 23.1 Å². The van der Waals surface area contributed by atoms with Gasteiger partial charge in [0.15, 0.2) is 5.82 Å². The van der Waals surface area contributed by atoms with E-state index in [1.54, 1.807) is 0 Å². The second-order valence-electron chi connectivity index (χ2n) is 3.05. The van der Waals surface area contributed by atoms with E-state index in [1.165, 1.54) is 0 Å². The Labute approximate surface area is 88.9 Å². The van der Waals surface area contributed by atoms with Gasteiger partial charge in [-0.1, -0.05) is 0 Å². The largest absolute Gasteiger partial charge is 0.481 e. The molecular weight excluding hydrogens is 225 g/mol. The van der Waals surface area contributed by atoms with Crippen molar-refractivity contribution in [2.24, 2.45) is 5.73 Å². The van der Waals surface area contributed by atoms with Gasteiger partial charge in [-0.25, -0.2) is 18.2 Å². The first-order valence-electron chi connectivity index (χ1n) is 4.34. The van der Waals surface area contributed by atoms with Crippen molar-refractivity contribution in [3.8, 4) is 0 Å². The molecule has 1 heterocycles. The van der Waals surface area contributed by atoms with Crippen LogP contribution in [0.1, 0.15) is 23.4 Å². The van der Waals surface area contributed by atoms with Crippen molar-refractivity contribution >= 4 is 5.97 Å². The average Bonchev–Trinajstić information content (AvgIpc) is 2.19. The van der Waals surface area contributed by atoms with Gasteiger partial charge in [0.2, 0.25) is 0 Å². The first-order valence-corrected chi connectivity index (χ1v) is 4.34. The van der Waals surface area contributed by atoms with Crippen LogP contribution in [0.15, 0.2) is 6.07 Å². The Balaban J connectivity index is 3.22. The molecule has 7 heteroatoms. The zero-order valence-corrected chi connectivity index (χ0v) is 8.08. The lowest BCUT2D eigenvalue weighted by atomic mass is 10.1. The number of carboxylic acid groups (broad SMARTS) is 1. The van der Waals surface area contributed by atoms with Gasteiger partial charge in [0.25, 0.3) is 6.43 Å². The maximum Gasteiger partial charge on any atom is 0.309 e. The molecular formula is C9H9F3N2O2. The number of rotatable bonds is 4. The Bertz CT molecular complexity index is 410. The molecule has 1 aromatic rings. The maximum atomic E-state index is 13.3. The lowest BCUT2D eigenvalue weighted by Crippen LogP contribution is -2.11. The second kappa shape index (κ2) is 4.93. The fourth-order valence-electron chi connectivity index (χ4n) is 1.20. The van der Waals surface area contributed by atoms with Crippen molar-refractivity contribution in [1.29, 1.82) is 0 Å². The molecule has 0 aliphatic carbocycles. The third-order valence-electron chi connectivity index (χ3n) is 1.87. The molecule has 0 aromatic carbocycles. The minimum absolute atomic E-state index is 0.135. The fourth-order valence-corrected chi connectivity index (χ4v) is 1.20. The molecule has 1 rings (SSSR count). The Kier molecular flexibility index (Phi) is 3.83. The second-order valence-corrected chi connectivity index (χ2v) is 3.05. The molecule has 0 fully saturated rings. The van der Waals surface area contributed by atoms with Crippen LogP contribution in [0.3, 0.4) is 0 Å². The summed E-state index contributed by atoms with van der Waals surface area (Å²) in [6, 6.07) is 1.08. The van der Waals surface area contributed by atoms with E-state index in [-0.39, 0.29) is 17.8 Å². The van der Waals surface area contributed by atoms with Crippen LogP contribution < -0.4 is 5.73 Å². The first-order chi connectivity index (χ1) is 7.45. The third-order valence-corrected chi connectivity index (χ3v) is 1.87. The predicted molar refractivity (Wildman–Crippen MR) is 48.4 cm³/mol. The summed E-state index contributed by atoms with van der Waals surface area (Å²) in [5.41, 5.74) is 3.80. The minimum Gasteiger partial charge on any atom is -0.481 e. The quantitative estimate of drug-likeness (QED) is 0.821. The molecule has 4 nitrogen and oxygen atoms in total. The normalized spacial score (nSPS) is 10.8. The molecule has 0 unspecified atom stereocenters. The fraction of sp³-hybridized carbons (Fsp3) is 0.333. The number of halogens is 3. The molecule has 1 aromatic heterocycles. The monoisotopic (exact) mass is 234 g/mol. The molecule has 0 amide bonds. The molecule has 0 saturated carbocycles. The van der Waals surface area contributed by atoms with Gasteiger partial charge >= 0.3 is 5.97 Å². The Morgan fingerprint density at radius 1 is 1.56 bits per heavy atom. The number of alkyl halides is 2. The van der Waals surface area contributed by atoms with Crippen LogP contribution in [-0.2, 0) is 17.8 Å². The highest BCUT2D eigenvalue weighted by atomic mass is 19.3. The van der Waals surface area contributed by atoms with Crippen LogP contribution in [0.25, 0.3) is 0 Å². The number of aromatic nitrogens is 1. The smallest absolute Gasteiger partial charge is 0.309 e. The van der Waals surface area contributed by atoms with E-state index in [0.29, 0.717) is 0 Å². The summed E-state index contributed by atoms with van der Waals surface area (Å²) in [7, 11) is 0. The molecule has 0 radical (unpaired) electrons. The van der Waals surface area contributed by atoms with Gasteiger partial charge in [-0.2, -0.15) is 0 Å². The topological polar surface area (TPSA) is 76.2 Å². The maximum absolute atomic E-state index is 13.3. The summed E-state index contributed by atoms with van der Waals surface area (Å²) in [5.74, 6) is -2.41. The SMILES string of the molecule is NCc1cc(CC(=O)O)nc(C(F)F)c1F. The highest BCUT2D eigenvalue weighted by Crippen LogP contribution is 2.23. The van der Waals surface area contributed by atoms with E-state index >= 15 is 0 Å². The predicted octanol–water partition coefficient (Wildman–Crippen LogP) is 1.24. The molecule has 16 heavy (non-hydrogen) atoms. The highest BCUT2D eigenvalue weighted by molar-refractivity contribution is 5.69. The van der Waals surface area contributed by atoms with Crippen LogP contribution in [-0.4, -0.2) is 16.1 Å². The van der Waals surface area contributed by atoms with Gasteiger partial charge in [0.05, 0.1) is 12.1 Å². The summed E-state index contributed by atoms with van der Waals surface area (Å²) in [6.45, 7) is -0.291.